The lowest BCUT2D eigenvalue weighted by atomic mass is 10.0. The lowest BCUT2D eigenvalue weighted by Crippen LogP contribution is -2.51. The molecule has 2 aromatic rings. The van der Waals surface area contributed by atoms with Crippen LogP contribution >= 0.6 is 0 Å². The van der Waals surface area contributed by atoms with Gasteiger partial charge in [-0.2, -0.15) is 5.10 Å². The zero-order valence-corrected chi connectivity index (χ0v) is 17.3. The highest BCUT2D eigenvalue weighted by Crippen LogP contribution is 2.33. The zero-order valence-electron chi connectivity index (χ0n) is 17.3. The molecule has 1 unspecified atom stereocenters. The fourth-order valence-corrected chi connectivity index (χ4v) is 4.78. The van der Waals surface area contributed by atoms with Gasteiger partial charge in [0.15, 0.2) is 0 Å². The minimum atomic E-state index is -0.810. The van der Waals surface area contributed by atoms with Gasteiger partial charge in [-0.3, -0.25) is 24.0 Å². The Bertz CT molecular complexity index is 1080. The van der Waals surface area contributed by atoms with Crippen LogP contribution in [0.4, 0.5) is 5.69 Å². The first-order valence-corrected chi connectivity index (χ1v) is 10.8. The van der Waals surface area contributed by atoms with Gasteiger partial charge in [-0.25, -0.2) is 0 Å². The van der Waals surface area contributed by atoms with Gasteiger partial charge in [0.1, 0.15) is 6.04 Å². The fourth-order valence-electron chi connectivity index (χ4n) is 4.78. The van der Waals surface area contributed by atoms with Crippen molar-refractivity contribution in [2.75, 3.05) is 5.32 Å². The Morgan fingerprint density at radius 1 is 1.13 bits per heavy atom. The molecular formula is C23H25N5O3. The van der Waals surface area contributed by atoms with Crippen molar-refractivity contribution in [3.63, 3.8) is 0 Å². The largest absolute Gasteiger partial charge is 0.380 e. The van der Waals surface area contributed by atoms with E-state index in [0.29, 0.717) is 47.9 Å². The zero-order chi connectivity index (χ0) is 21.5. The molecule has 3 heterocycles. The highest BCUT2D eigenvalue weighted by Gasteiger charge is 2.45. The van der Waals surface area contributed by atoms with E-state index in [-0.39, 0.29) is 5.91 Å². The third-order valence-corrected chi connectivity index (χ3v) is 6.42. The quantitative estimate of drug-likeness (QED) is 0.727. The number of nitrogens with zero attached hydrogens (tertiary/aromatic N) is 3. The van der Waals surface area contributed by atoms with Gasteiger partial charge in [0, 0.05) is 29.7 Å². The van der Waals surface area contributed by atoms with E-state index in [2.05, 4.69) is 22.3 Å². The molecule has 1 aromatic carbocycles. The van der Waals surface area contributed by atoms with Crippen molar-refractivity contribution in [1.82, 2.24) is 20.0 Å². The van der Waals surface area contributed by atoms with Crippen LogP contribution in [0.25, 0.3) is 0 Å². The Kier molecular flexibility index (Phi) is 4.84. The van der Waals surface area contributed by atoms with E-state index in [1.165, 1.54) is 12.8 Å². The van der Waals surface area contributed by atoms with Gasteiger partial charge in [0.05, 0.1) is 23.4 Å². The van der Waals surface area contributed by atoms with Crippen LogP contribution in [0, 0.1) is 0 Å². The summed E-state index contributed by atoms with van der Waals surface area (Å²) in [6.07, 6.45) is 9.63. The number of piperidine rings is 1. The number of hydrogen-bond donors (Lipinski definition) is 2. The monoisotopic (exact) mass is 419 g/mol. The van der Waals surface area contributed by atoms with E-state index in [1.54, 1.807) is 18.2 Å². The summed E-state index contributed by atoms with van der Waals surface area (Å²) in [5.74, 6) is -1.22. The molecule has 2 N–H and O–H groups in total. The molecule has 1 saturated carbocycles. The van der Waals surface area contributed by atoms with E-state index < -0.39 is 17.9 Å². The van der Waals surface area contributed by atoms with Gasteiger partial charge in [-0.1, -0.05) is 25.5 Å². The Labute approximate surface area is 180 Å². The van der Waals surface area contributed by atoms with Crippen LogP contribution in [-0.2, 0) is 11.3 Å². The van der Waals surface area contributed by atoms with Gasteiger partial charge in [0.2, 0.25) is 5.91 Å². The summed E-state index contributed by atoms with van der Waals surface area (Å²) in [6.45, 7) is 4.25. The molecular weight excluding hydrogens is 394 g/mol. The average Bonchev–Trinajstić information content (AvgIpc) is 3.49. The number of hydrogen-bond acceptors (Lipinski definition) is 5. The number of allylic oxidation sites excluding steroid dienone is 1. The first-order valence-electron chi connectivity index (χ1n) is 10.8. The number of amides is 3. The van der Waals surface area contributed by atoms with Crippen LogP contribution in [-0.4, -0.2) is 38.4 Å². The van der Waals surface area contributed by atoms with Gasteiger partial charge in [0.25, 0.3) is 11.8 Å². The second-order valence-electron chi connectivity index (χ2n) is 8.48. The van der Waals surface area contributed by atoms with E-state index >= 15 is 0 Å². The number of nitrogens with one attached hydrogen (secondary N) is 2. The maximum absolute atomic E-state index is 13.2. The molecule has 1 aromatic heterocycles. The average molecular weight is 419 g/mol. The second-order valence-corrected chi connectivity index (χ2v) is 8.48. The molecule has 1 atom stereocenters. The predicted molar refractivity (Wildman–Crippen MR) is 114 cm³/mol. The Balaban J connectivity index is 1.34. The number of carbonyl (C=O) groups excluding carboxylic acids is 3. The third kappa shape index (κ3) is 3.41. The molecule has 2 fully saturated rings. The van der Waals surface area contributed by atoms with E-state index in [1.807, 2.05) is 17.1 Å². The molecule has 8 nitrogen and oxygen atoms in total. The van der Waals surface area contributed by atoms with Crippen molar-refractivity contribution in [3.8, 4) is 0 Å². The molecule has 3 amide bonds. The first kappa shape index (κ1) is 19.5. The van der Waals surface area contributed by atoms with E-state index in [0.717, 1.165) is 23.3 Å². The summed E-state index contributed by atoms with van der Waals surface area (Å²) < 4.78 is 2.03. The first-order chi connectivity index (χ1) is 15.0. The standard InChI is InChI=1S/C23H25N5O3/c1-14-9-10-19(21(29)26-14)28-22(30)17-7-4-8-18(20(17)23(28)31)24-11-15-12-25-27(13-15)16-5-2-3-6-16/h4,7-8,12-13,16,19,24H,1-3,5-6,9-11H2,(H,26,29). The topological polar surface area (TPSA) is 96.3 Å². The second kappa shape index (κ2) is 7.68. The maximum Gasteiger partial charge on any atom is 0.264 e. The smallest absolute Gasteiger partial charge is 0.264 e. The van der Waals surface area contributed by atoms with Gasteiger partial charge in [-0.15, -0.1) is 0 Å². The number of anilines is 1. The summed E-state index contributed by atoms with van der Waals surface area (Å²) in [7, 11) is 0. The van der Waals surface area contributed by atoms with Crippen molar-refractivity contribution >= 4 is 23.4 Å². The molecule has 0 bridgehead atoms. The van der Waals surface area contributed by atoms with E-state index in [9.17, 15) is 14.4 Å². The van der Waals surface area contributed by atoms with Gasteiger partial charge in [-0.05, 0) is 37.8 Å². The lowest BCUT2D eigenvalue weighted by molar-refractivity contribution is -0.125. The molecule has 160 valence electrons. The summed E-state index contributed by atoms with van der Waals surface area (Å²) in [4.78, 5) is 39.7. The van der Waals surface area contributed by atoms with E-state index in [4.69, 9.17) is 0 Å². The van der Waals surface area contributed by atoms with Gasteiger partial charge >= 0.3 is 0 Å². The van der Waals surface area contributed by atoms with Crippen LogP contribution < -0.4 is 10.6 Å². The molecule has 2 aliphatic heterocycles. The molecule has 0 radical (unpaired) electrons. The van der Waals surface area contributed by atoms with Crippen LogP contribution in [0.15, 0.2) is 42.9 Å². The summed E-state index contributed by atoms with van der Waals surface area (Å²) in [5.41, 5.74) is 2.87. The molecule has 0 spiro atoms. The summed E-state index contributed by atoms with van der Waals surface area (Å²) >= 11 is 0. The Morgan fingerprint density at radius 3 is 2.71 bits per heavy atom. The summed E-state index contributed by atoms with van der Waals surface area (Å²) in [6, 6.07) is 4.84. The van der Waals surface area contributed by atoms with Crippen molar-refractivity contribution < 1.29 is 14.4 Å². The Hall–Kier alpha value is -3.42. The molecule has 5 rings (SSSR count). The SMILES string of the molecule is C=C1CCC(N2C(=O)c3cccc(NCc4cnn(C5CCCC5)c4)c3C2=O)C(=O)N1. The predicted octanol–water partition coefficient (Wildman–Crippen LogP) is 3.00. The number of fused-ring (bicyclic) bond motifs is 1. The van der Waals surface area contributed by atoms with Crippen LogP contribution in [0.1, 0.15) is 70.8 Å². The molecule has 3 aliphatic rings. The number of aromatic nitrogens is 2. The third-order valence-electron chi connectivity index (χ3n) is 6.42. The minimum absolute atomic E-state index is 0.327. The van der Waals surface area contributed by atoms with Crippen molar-refractivity contribution in [2.45, 2.75) is 57.2 Å². The molecule has 1 aliphatic carbocycles. The van der Waals surface area contributed by atoms with Crippen LogP contribution in [0.2, 0.25) is 0 Å². The normalized spacial score (nSPS) is 21.5. The fraction of sp³-hybridized carbons (Fsp3) is 0.391. The summed E-state index contributed by atoms with van der Waals surface area (Å²) in [5, 5.41) is 10.4. The van der Waals surface area contributed by atoms with Crippen molar-refractivity contribution in [3.05, 3.63) is 59.6 Å². The highest BCUT2D eigenvalue weighted by molar-refractivity contribution is 6.25. The van der Waals surface area contributed by atoms with Crippen LogP contribution in [0.5, 0.6) is 0 Å². The van der Waals surface area contributed by atoms with Crippen molar-refractivity contribution in [1.29, 1.82) is 0 Å². The highest BCUT2D eigenvalue weighted by atomic mass is 16.2. The Morgan fingerprint density at radius 2 is 1.94 bits per heavy atom. The number of rotatable bonds is 5. The number of benzene rings is 1. The van der Waals surface area contributed by atoms with Gasteiger partial charge < -0.3 is 10.6 Å². The molecule has 8 heteroatoms. The van der Waals surface area contributed by atoms with Crippen molar-refractivity contribution in [2.24, 2.45) is 0 Å². The molecule has 31 heavy (non-hydrogen) atoms. The lowest BCUT2D eigenvalue weighted by Gasteiger charge is -2.29. The van der Waals surface area contributed by atoms with Crippen LogP contribution in [0.3, 0.4) is 0 Å². The minimum Gasteiger partial charge on any atom is -0.380 e. The maximum atomic E-state index is 13.2. The number of carbonyl (C=O) groups is 3. The number of imide groups is 1. The molecule has 1 saturated heterocycles.